The van der Waals surface area contributed by atoms with Crippen molar-refractivity contribution < 1.29 is 14.5 Å². The summed E-state index contributed by atoms with van der Waals surface area (Å²) < 4.78 is 4.59. The molecule has 20 heavy (non-hydrogen) atoms. The van der Waals surface area contributed by atoms with Crippen LogP contribution < -0.4 is 4.90 Å². The van der Waals surface area contributed by atoms with Crippen LogP contribution in [-0.4, -0.2) is 35.6 Å². The number of nitro groups is 1. The van der Waals surface area contributed by atoms with Crippen LogP contribution in [0.4, 0.5) is 11.5 Å². The number of nitrogens with zero attached hydrogens (tertiary/aromatic N) is 4. The van der Waals surface area contributed by atoms with Crippen LogP contribution in [0.15, 0.2) is 12.1 Å². The van der Waals surface area contributed by atoms with Crippen LogP contribution in [0.2, 0.25) is 0 Å². The van der Waals surface area contributed by atoms with Gasteiger partial charge >= 0.3 is 11.7 Å². The average Bonchev–Trinajstić information content (AvgIpc) is 2.43. The molecule has 0 aliphatic carbocycles. The molecule has 8 nitrogen and oxygen atoms in total. The van der Waals surface area contributed by atoms with Crippen molar-refractivity contribution in [2.45, 2.75) is 19.9 Å². The van der Waals surface area contributed by atoms with Gasteiger partial charge in [-0.15, -0.1) is 0 Å². The van der Waals surface area contributed by atoms with Gasteiger partial charge < -0.3 is 9.64 Å². The molecule has 8 heteroatoms. The third kappa shape index (κ3) is 3.41. The van der Waals surface area contributed by atoms with Crippen molar-refractivity contribution in [3.63, 3.8) is 0 Å². The summed E-state index contributed by atoms with van der Waals surface area (Å²) in [5, 5.41) is 19.7. The summed E-state index contributed by atoms with van der Waals surface area (Å²) >= 11 is 0. The minimum atomic E-state index is -0.671. The van der Waals surface area contributed by atoms with E-state index < -0.39 is 10.9 Å². The Labute approximate surface area is 115 Å². The molecule has 0 bridgehead atoms. The summed E-state index contributed by atoms with van der Waals surface area (Å²) in [6.45, 7) is 3.61. The van der Waals surface area contributed by atoms with E-state index in [1.54, 1.807) is 11.0 Å². The Morgan fingerprint density at radius 2 is 2.25 bits per heavy atom. The zero-order valence-electron chi connectivity index (χ0n) is 11.4. The van der Waals surface area contributed by atoms with Gasteiger partial charge in [0.2, 0.25) is 5.69 Å². The zero-order valence-corrected chi connectivity index (χ0v) is 11.4. The maximum atomic E-state index is 11.4. The summed E-state index contributed by atoms with van der Waals surface area (Å²) in [6, 6.07) is 4.20. The Morgan fingerprint density at radius 1 is 1.60 bits per heavy atom. The molecular weight excluding hydrogens is 264 g/mol. The third-order valence-electron chi connectivity index (χ3n) is 2.61. The summed E-state index contributed by atoms with van der Waals surface area (Å²) in [5.41, 5.74) is -0.652. The number of ether oxygens (including phenoxy) is 1. The highest BCUT2D eigenvalue weighted by molar-refractivity contribution is 5.75. The molecule has 0 spiro atoms. The van der Waals surface area contributed by atoms with Crippen molar-refractivity contribution in [1.29, 1.82) is 5.26 Å². The van der Waals surface area contributed by atoms with Crippen LogP contribution in [0.5, 0.6) is 0 Å². The molecule has 0 fully saturated rings. The lowest BCUT2D eigenvalue weighted by molar-refractivity contribution is -0.385. The van der Waals surface area contributed by atoms with Crippen molar-refractivity contribution in [2.75, 3.05) is 18.6 Å². The predicted octanol–water partition coefficient (Wildman–Crippen LogP) is 1.25. The van der Waals surface area contributed by atoms with E-state index in [4.69, 9.17) is 5.26 Å². The number of nitriles is 1. The summed E-state index contributed by atoms with van der Waals surface area (Å²) in [4.78, 5) is 27.0. The van der Waals surface area contributed by atoms with Gasteiger partial charge in [0.15, 0.2) is 0 Å². The number of methoxy groups -OCH3 is 1. The van der Waals surface area contributed by atoms with Crippen LogP contribution in [0.25, 0.3) is 0 Å². The normalized spacial score (nSPS) is 9.95. The second-order valence-corrected chi connectivity index (χ2v) is 4.20. The molecule has 0 saturated carbocycles. The van der Waals surface area contributed by atoms with Crippen molar-refractivity contribution in [1.82, 2.24) is 4.98 Å². The van der Waals surface area contributed by atoms with Crippen LogP contribution >= 0.6 is 0 Å². The second kappa shape index (κ2) is 6.47. The van der Waals surface area contributed by atoms with Gasteiger partial charge in [-0.2, -0.15) is 5.26 Å². The van der Waals surface area contributed by atoms with Gasteiger partial charge in [-0.05, 0) is 19.9 Å². The maximum Gasteiger partial charge on any atom is 0.325 e. The molecule has 0 aliphatic rings. The van der Waals surface area contributed by atoms with Gasteiger partial charge in [0, 0.05) is 12.1 Å². The predicted molar refractivity (Wildman–Crippen MR) is 70.1 cm³/mol. The molecule has 1 heterocycles. The highest BCUT2D eigenvalue weighted by Crippen LogP contribution is 2.21. The fraction of sp³-hybridized carbons (Fsp3) is 0.417. The molecule has 106 valence electrons. The first-order valence-electron chi connectivity index (χ1n) is 5.79. The fourth-order valence-electron chi connectivity index (χ4n) is 1.56. The number of esters is 1. The number of rotatable bonds is 5. The molecule has 1 rings (SSSR count). The lowest BCUT2D eigenvalue weighted by atomic mass is 10.2. The van der Waals surface area contributed by atoms with E-state index in [1.165, 1.54) is 19.2 Å². The first-order chi connectivity index (χ1) is 9.40. The minimum Gasteiger partial charge on any atom is -0.468 e. The van der Waals surface area contributed by atoms with Gasteiger partial charge in [0.05, 0.1) is 12.0 Å². The molecule has 0 amide bonds. The highest BCUT2D eigenvalue weighted by atomic mass is 16.6. The summed E-state index contributed by atoms with van der Waals surface area (Å²) in [7, 11) is 1.27. The smallest absolute Gasteiger partial charge is 0.325 e. The largest absolute Gasteiger partial charge is 0.468 e. The first-order valence-corrected chi connectivity index (χ1v) is 5.79. The first kappa shape index (κ1) is 15.4. The van der Waals surface area contributed by atoms with E-state index in [-0.39, 0.29) is 24.0 Å². The zero-order chi connectivity index (χ0) is 15.3. The highest BCUT2D eigenvalue weighted by Gasteiger charge is 2.21. The van der Waals surface area contributed by atoms with Crippen LogP contribution in [0.1, 0.15) is 19.5 Å². The van der Waals surface area contributed by atoms with E-state index in [0.29, 0.717) is 5.82 Å². The Kier molecular flexibility index (Phi) is 4.97. The molecule has 0 N–H and O–H groups in total. The molecule has 1 aromatic rings. The standard InChI is InChI=1S/C12H14N4O4/c1-8(2)15(7-12(17)20-3)11-5-4-10(16(18)19)9(6-13)14-11/h4-5,8H,7H2,1-3H3. The van der Waals surface area contributed by atoms with Crippen molar-refractivity contribution >= 4 is 17.5 Å². The number of carbonyl (C=O) groups is 1. The number of carbonyl (C=O) groups excluding carboxylic acids is 1. The van der Waals surface area contributed by atoms with Crippen LogP contribution in [0, 0.1) is 21.4 Å². The molecule has 0 radical (unpaired) electrons. The van der Waals surface area contributed by atoms with Crippen LogP contribution in [0.3, 0.4) is 0 Å². The Hall–Kier alpha value is -2.69. The average molecular weight is 278 g/mol. The van der Waals surface area contributed by atoms with Gasteiger partial charge in [-0.1, -0.05) is 0 Å². The van der Waals surface area contributed by atoms with E-state index in [2.05, 4.69) is 9.72 Å². The third-order valence-corrected chi connectivity index (χ3v) is 2.61. The number of pyridine rings is 1. The number of anilines is 1. The Balaban J connectivity index is 3.19. The van der Waals surface area contributed by atoms with E-state index in [1.807, 2.05) is 13.8 Å². The topological polar surface area (TPSA) is 109 Å². The number of aromatic nitrogens is 1. The fourth-order valence-corrected chi connectivity index (χ4v) is 1.56. The molecule has 0 aromatic carbocycles. The monoisotopic (exact) mass is 278 g/mol. The molecule has 0 aliphatic heterocycles. The van der Waals surface area contributed by atoms with Crippen molar-refractivity contribution in [3.05, 3.63) is 27.9 Å². The maximum absolute atomic E-state index is 11.4. The summed E-state index contributed by atoms with van der Waals surface area (Å²) in [6.07, 6.45) is 0. The lowest BCUT2D eigenvalue weighted by Gasteiger charge is -2.26. The van der Waals surface area contributed by atoms with Gasteiger partial charge in [0.25, 0.3) is 0 Å². The lowest BCUT2D eigenvalue weighted by Crippen LogP contribution is -2.37. The second-order valence-electron chi connectivity index (χ2n) is 4.20. The van der Waals surface area contributed by atoms with Gasteiger partial charge in [0.1, 0.15) is 18.4 Å². The van der Waals surface area contributed by atoms with Crippen molar-refractivity contribution in [3.8, 4) is 6.07 Å². The number of hydrogen-bond donors (Lipinski definition) is 0. The molecule has 1 aromatic heterocycles. The Bertz CT molecular complexity index is 565. The van der Waals surface area contributed by atoms with E-state index >= 15 is 0 Å². The van der Waals surface area contributed by atoms with E-state index in [0.717, 1.165) is 0 Å². The van der Waals surface area contributed by atoms with Crippen molar-refractivity contribution in [2.24, 2.45) is 0 Å². The van der Waals surface area contributed by atoms with Gasteiger partial charge in [-0.25, -0.2) is 4.98 Å². The number of hydrogen-bond acceptors (Lipinski definition) is 7. The molecule has 0 saturated heterocycles. The quantitative estimate of drug-likeness (QED) is 0.453. The Morgan fingerprint density at radius 3 is 2.70 bits per heavy atom. The molecular formula is C12H14N4O4. The van der Waals surface area contributed by atoms with Crippen LogP contribution in [-0.2, 0) is 9.53 Å². The molecule has 0 atom stereocenters. The summed E-state index contributed by atoms with van der Waals surface area (Å²) in [5.74, 6) is -0.148. The molecule has 0 unspecified atom stereocenters. The van der Waals surface area contributed by atoms with Gasteiger partial charge in [-0.3, -0.25) is 14.9 Å². The minimum absolute atomic E-state index is 0.0517. The van der Waals surface area contributed by atoms with E-state index in [9.17, 15) is 14.9 Å². The SMILES string of the molecule is COC(=O)CN(c1ccc([N+](=O)[O-])c(C#N)n1)C(C)C.